The summed E-state index contributed by atoms with van der Waals surface area (Å²) in [5.41, 5.74) is 1.92. The fourth-order valence-corrected chi connectivity index (χ4v) is 2.43. The maximum absolute atomic E-state index is 10.9. The van der Waals surface area contributed by atoms with E-state index >= 15 is 0 Å². The number of H-pyrrole nitrogens is 1. The molecule has 0 saturated carbocycles. The van der Waals surface area contributed by atoms with Crippen LogP contribution in [0.1, 0.15) is 17.7 Å². The predicted octanol–water partition coefficient (Wildman–Crippen LogP) is 2.78. The van der Waals surface area contributed by atoms with Crippen molar-refractivity contribution in [3.8, 4) is 6.07 Å². The molecule has 1 aromatic carbocycles. The molecule has 24 heavy (non-hydrogen) atoms. The Labute approximate surface area is 137 Å². The van der Waals surface area contributed by atoms with Gasteiger partial charge in [0.05, 0.1) is 22.1 Å². The second kappa shape index (κ2) is 6.75. The highest BCUT2D eigenvalue weighted by atomic mass is 16.6. The van der Waals surface area contributed by atoms with Crippen LogP contribution in [-0.4, -0.2) is 26.6 Å². The molecule has 0 aliphatic rings. The van der Waals surface area contributed by atoms with E-state index in [0.29, 0.717) is 28.8 Å². The van der Waals surface area contributed by atoms with Crippen LogP contribution in [0, 0.1) is 21.4 Å². The number of nitrogens with one attached hydrogen (secondary N) is 2. The zero-order valence-electron chi connectivity index (χ0n) is 12.7. The summed E-state index contributed by atoms with van der Waals surface area (Å²) < 4.78 is 0. The maximum Gasteiger partial charge on any atom is 0.270 e. The quantitative estimate of drug-likeness (QED) is 0.409. The van der Waals surface area contributed by atoms with Gasteiger partial charge in [-0.15, -0.1) is 0 Å². The molecule has 3 aromatic rings. The van der Waals surface area contributed by atoms with Gasteiger partial charge in [0.1, 0.15) is 5.82 Å². The standard InChI is InChI=1S/C16H14N6O2/c17-10-11-8-16(18-6-1-2-12-5-7-19-21-12)20-15-4-3-13(22(23)24)9-14(11)15/h3-5,7-9H,1-2,6H2,(H,18,20)(H,19,21). The van der Waals surface area contributed by atoms with Gasteiger partial charge in [-0.05, 0) is 31.0 Å². The van der Waals surface area contributed by atoms with Crippen LogP contribution in [-0.2, 0) is 6.42 Å². The minimum Gasteiger partial charge on any atom is -0.370 e. The van der Waals surface area contributed by atoms with Gasteiger partial charge in [-0.25, -0.2) is 4.98 Å². The number of nitriles is 1. The number of pyridine rings is 1. The Bertz CT molecular complexity index is 914. The van der Waals surface area contributed by atoms with Gasteiger partial charge in [-0.1, -0.05) is 0 Å². The summed E-state index contributed by atoms with van der Waals surface area (Å²) in [6, 6.07) is 9.94. The van der Waals surface area contributed by atoms with Crippen molar-refractivity contribution in [1.29, 1.82) is 5.26 Å². The highest BCUT2D eigenvalue weighted by Crippen LogP contribution is 2.24. The summed E-state index contributed by atoms with van der Waals surface area (Å²) in [6.45, 7) is 0.690. The molecule has 0 bridgehead atoms. The summed E-state index contributed by atoms with van der Waals surface area (Å²) in [7, 11) is 0. The van der Waals surface area contributed by atoms with Gasteiger partial charge in [0, 0.05) is 36.0 Å². The first-order valence-electron chi connectivity index (χ1n) is 7.39. The van der Waals surface area contributed by atoms with E-state index < -0.39 is 4.92 Å². The number of hydrogen-bond acceptors (Lipinski definition) is 6. The summed E-state index contributed by atoms with van der Waals surface area (Å²) in [5.74, 6) is 0.581. The zero-order valence-corrected chi connectivity index (χ0v) is 12.7. The number of benzene rings is 1. The van der Waals surface area contributed by atoms with Crippen LogP contribution in [0.15, 0.2) is 36.5 Å². The minimum atomic E-state index is -0.484. The van der Waals surface area contributed by atoms with Gasteiger partial charge in [0.15, 0.2) is 0 Å². The third-order valence-electron chi connectivity index (χ3n) is 3.61. The average molecular weight is 322 g/mol. The molecule has 0 aliphatic heterocycles. The van der Waals surface area contributed by atoms with Crippen molar-refractivity contribution in [2.24, 2.45) is 0 Å². The summed E-state index contributed by atoms with van der Waals surface area (Å²) in [5, 5.41) is 30.6. The third-order valence-corrected chi connectivity index (χ3v) is 3.61. The van der Waals surface area contributed by atoms with Gasteiger partial charge in [0.2, 0.25) is 0 Å². The molecule has 0 aliphatic carbocycles. The summed E-state index contributed by atoms with van der Waals surface area (Å²) in [6.07, 6.45) is 3.45. The number of hydrogen-bond donors (Lipinski definition) is 2. The molecule has 0 unspecified atom stereocenters. The second-order valence-electron chi connectivity index (χ2n) is 5.24. The molecule has 3 rings (SSSR count). The molecule has 0 radical (unpaired) electrons. The van der Waals surface area contributed by atoms with Crippen LogP contribution in [0.2, 0.25) is 0 Å². The Morgan fingerprint density at radius 2 is 2.21 bits per heavy atom. The largest absolute Gasteiger partial charge is 0.370 e. The van der Waals surface area contributed by atoms with Crippen LogP contribution in [0.5, 0.6) is 0 Å². The molecule has 0 amide bonds. The highest BCUT2D eigenvalue weighted by molar-refractivity contribution is 5.88. The smallest absolute Gasteiger partial charge is 0.270 e. The fourth-order valence-electron chi connectivity index (χ4n) is 2.43. The lowest BCUT2D eigenvalue weighted by Gasteiger charge is -2.08. The number of nitrogens with zero attached hydrogens (tertiary/aromatic N) is 4. The molecule has 8 nitrogen and oxygen atoms in total. The van der Waals surface area contributed by atoms with Crippen molar-refractivity contribution in [1.82, 2.24) is 15.2 Å². The number of nitro groups is 1. The van der Waals surface area contributed by atoms with E-state index in [4.69, 9.17) is 0 Å². The van der Waals surface area contributed by atoms with Crippen LogP contribution in [0.4, 0.5) is 11.5 Å². The van der Waals surface area contributed by atoms with E-state index in [0.717, 1.165) is 18.5 Å². The number of nitro benzene ring substituents is 1. The third kappa shape index (κ3) is 3.30. The van der Waals surface area contributed by atoms with Crippen molar-refractivity contribution in [3.05, 3.63) is 57.9 Å². The average Bonchev–Trinajstić information content (AvgIpc) is 3.10. The number of rotatable bonds is 6. The molecule has 0 saturated heterocycles. The molecule has 120 valence electrons. The fraction of sp³-hybridized carbons (Fsp3) is 0.188. The van der Waals surface area contributed by atoms with E-state index in [1.165, 1.54) is 12.1 Å². The minimum absolute atomic E-state index is 0.0546. The van der Waals surface area contributed by atoms with Gasteiger partial charge >= 0.3 is 0 Å². The van der Waals surface area contributed by atoms with Crippen molar-refractivity contribution in [2.75, 3.05) is 11.9 Å². The Morgan fingerprint density at radius 3 is 2.92 bits per heavy atom. The highest BCUT2D eigenvalue weighted by Gasteiger charge is 2.11. The van der Waals surface area contributed by atoms with E-state index in [1.54, 1.807) is 18.3 Å². The van der Waals surface area contributed by atoms with Crippen LogP contribution >= 0.6 is 0 Å². The first kappa shape index (κ1) is 15.4. The Hall–Kier alpha value is -3.47. The molecular formula is C16H14N6O2. The van der Waals surface area contributed by atoms with Crippen LogP contribution in [0.3, 0.4) is 0 Å². The second-order valence-corrected chi connectivity index (χ2v) is 5.24. The molecule has 0 fully saturated rings. The van der Waals surface area contributed by atoms with Crippen LogP contribution < -0.4 is 5.32 Å². The predicted molar refractivity (Wildman–Crippen MR) is 88.5 cm³/mol. The van der Waals surface area contributed by atoms with Gasteiger partial charge < -0.3 is 5.32 Å². The molecular weight excluding hydrogens is 308 g/mol. The Morgan fingerprint density at radius 1 is 1.33 bits per heavy atom. The topological polar surface area (TPSA) is 121 Å². The Balaban J connectivity index is 1.75. The lowest BCUT2D eigenvalue weighted by Crippen LogP contribution is -2.05. The lowest BCUT2D eigenvalue weighted by atomic mass is 10.1. The molecule has 8 heteroatoms. The van der Waals surface area contributed by atoms with Crippen LogP contribution in [0.25, 0.3) is 10.9 Å². The normalized spacial score (nSPS) is 10.5. The molecule has 2 N–H and O–H groups in total. The summed E-state index contributed by atoms with van der Waals surface area (Å²) >= 11 is 0. The molecule has 0 atom stereocenters. The van der Waals surface area contributed by atoms with E-state index in [1.807, 2.05) is 6.07 Å². The Kier molecular flexibility index (Phi) is 4.34. The first-order chi connectivity index (χ1) is 11.7. The number of aromatic nitrogens is 3. The van der Waals surface area contributed by atoms with Crippen molar-refractivity contribution >= 4 is 22.4 Å². The van der Waals surface area contributed by atoms with Gasteiger partial charge in [0.25, 0.3) is 5.69 Å². The monoisotopic (exact) mass is 322 g/mol. The van der Waals surface area contributed by atoms with Crippen molar-refractivity contribution in [2.45, 2.75) is 12.8 Å². The number of anilines is 1. The first-order valence-corrected chi connectivity index (χ1v) is 7.39. The van der Waals surface area contributed by atoms with Crippen molar-refractivity contribution < 1.29 is 4.92 Å². The van der Waals surface area contributed by atoms with E-state index in [9.17, 15) is 15.4 Å². The number of aromatic amines is 1. The summed E-state index contributed by atoms with van der Waals surface area (Å²) in [4.78, 5) is 14.8. The number of aryl methyl sites for hydroxylation is 1. The van der Waals surface area contributed by atoms with E-state index in [-0.39, 0.29) is 5.69 Å². The molecule has 2 heterocycles. The number of non-ortho nitro benzene ring substituents is 1. The van der Waals surface area contributed by atoms with Gasteiger partial charge in [-0.2, -0.15) is 10.4 Å². The number of fused-ring (bicyclic) bond motifs is 1. The zero-order chi connectivity index (χ0) is 16.9. The van der Waals surface area contributed by atoms with Gasteiger partial charge in [-0.3, -0.25) is 15.2 Å². The maximum atomic E-state index is 10.9. The molecule has 0 spiro atoms. The molecule has 2 aromatic heterocycles. The van der Waals surface area contributed by atoms with Crippen molar-refractivity contribution in [3.63, 3.8) is 0 Å². The SMILES string of the molecule is N#Cc1cc(NCCCc2ccn[nH]2)nc2ccc([N+](=O)[O-])cc12. The van der Waals surface area contributed by atoms with E-state index in [2.05, 4.69) is 26.6 Å². The lowest BCUT2D eigenvalue weighted by molar-refractivity contribution is -0.384.